The fourth-order valence-electron chi connectivity index (χ4n) is 2.02. The van der Waals surface area contributed by atoms with Crippen LogP contribution < -0.4 is 10.6 Å². The first-order valence-corrected chi connectivity index (χ1v) is 5.36. The maximum absolute atomic E-state index is 11.3. The minimum Gasteiger partial charge on any atom is -0.325 e. The van der Waals surface area contributed by atoms with Gasteiger partial charge >= 0.3 is 0 Å². The van der Waals surface area contributed by atoms with Crippen molar-refractivity contribution in [2.75, 3.05) is 18.9 Å². The predicted octanol–water partition coefficient (Wildman–Crippen LogP) is 1.33. The van der Waals surface area contributed by atoms with Crippen LogP contribution in [0.3, 0.4) is 0 Å². The van der Waals surface area contributed by atoms with Gasteiger partial charge in [0.15, 0.2) is 0 Å². The zero-order valence-electron chi connectivity index (χ0n) is 8.97. The number of carbonyl (C=O) groups is 1. The zero-order chi connectivity index (χ0) is 10.7. The Hall–Kier alpha value is -1.35. The van der Waals surface area contributed by atoms with Crippen molar-refractivity contribution in [2.45, 2.75) is 19.3 Å². The number of aryl methyl sites for hydroxylation is 2. The van der Waals surface area contributed by atoms with E-state index in [2.05, 4.69) is 22.8 Å². The van der Waals surface area contributed by atoms with Gasteiger partial charge in [0.1, 0.15) is 0 Å². The van der Waals surface area contributed by atoms with E-state index in [-0.39, 0.29) is 5.91 Å². The molecule has 0 radical (unpaired) electrons. The second-order valence-corrected chi connectivity index (χ2v) is 3.92. The highest BCUT2D eigenvalue weighted by Gasteiger charge is 2.11. The van der Waals surface area contributed by atoms with E-state index in [0.29, 0.717) is 6.54 Å². The molecule has 1 aliphatic carbocycles. The van der Waals surface area contributed by atoms with Crippen molar-refractivity contribution in [3.05, 3.63) is 29.3 Å². The average Bonchev–Trinajstić information content (AvgIpc) is 2.65. The highest BCUT2D eigenvalue weighted by atomic mass is 16.1. The van der Waals surface area contributed by atoms with E-state index in [1.807, 2.05) is 6.07 Å². The first-order chi connectivity index (χ1) is 7.29. The molecule has 80 valence electrons. The third-order valence-electron chi connectivity index (χ3n) is 2.72. The Balaban J connectivity index is 2.06. The van der Waals surface area contributed by atoms with Gasteiger partial charge in [0.05, 0.1) is 6.54 Å². The molecule has 0 saturated heterocycles. The number of anilines is 1. The second-order valence-electron chi connectivity index (χ2n) is 3.92. The minimum atomic E-state index is 0.00967. The lowest BCUT2D eigenvalue weighted by Crippen LogP contribution is -2.25. The van der Waals surface area contributed by atoms with Crippen molar-refractivity contribution in [1.29, 1.82) is 0 Å². The Labute approximate surface area is 89.9 Å². The molecule has 3 nitrogen and oxygen atoms in total. The lowest BCUT2D eigenvalue weighted by atomic mass is 10.1. The quantitative estimate of drug-likeness (QED) is 0.780. The molecule has 1 aliphatic rings. The van der Waals surface area contributed by atoms with E-state index < -0.39 is 0 Å². The van der Waals surface area contributed by atoms with Crippen molar-refractivity contribution in [3.8, 4) is 0 Å². The Morgan fingerprint density at radius 3 is 2.93 bits per heavy atom. The highest BCUT2D eigenvalue weighted by molar-refractivity contribution is 5.92. The van der Waals surface area contributed by atoms with Crippen LogP contribution in [0.2, 0.25) is 0 Å². The van der Waals surface area contributed by atoms with Gasteiger partial charge in [-0.25, -0.2) is 0 Å². The fraction of sp³-hybridized carbons (Fsp3) is 0.417. The summed E-state index contributed by atoms with van der Waals surface area (Å²) >= 11 is 0. The number of hydrogen-bond acceptors (Lipinski definition) is 2. The lowest BCUT2D eigenvalue weighted by molar-refractivity contribution is -0.115. The van der Waals surface area contributed by atoms with Gasteiger partial charge in [0, 0.05) is 5.69 Å². The number of amides is 1. The SMILES string of the molecule is CNCC(=O)Nc1ccc2c(c1)CCC2. The van der Waals surface area contributed by atoms with E-state index >= 15 is 0 Å². The second kappa shape index (κ2) is 4.45. The predicted molar refractivity (Wildman–Crippen MR) is 61.0 cm³/mol. The molecule has 0 heterocycles. The number of carbonyl (C=O) groups excluding carboxylic acids is 1. The topological polar surface area (TPSA) is 41.1 Å². The Morgan fingerprint density at radius 2 is 2.13 bits per heavy atom. The molecular formula is C12H16N2O. The Morgan fingerprint density at radius 1 is 1.33 bits per heavy atom. The maximum Gasteiger partial charge on any atom is 0.238 e. The molecule has 2 N–H and O–H groups in total. The molecule has 15 heavy (non-hydrogen) atoms. The number of nitrogens with one attached hydrogen (secondary N) is 2. The van der Waals surface area contributed by atoms with Gasteiger partial charge in [-0.1, -0.05) is 6.07 Å². The van der Waals surface area contributed by atoms with Crippen LogP contribution in [0.25, 0.3) is 0 Å². The number of rotatable bonds is 3. The summed E-state index contributed by atoms with van der Waals surface area (Å²) in [7, 11) is 1.77. The highest BCUT2D eigenvalue weighted by Crippen LogP contribution is 2.24. The number of hydrogen-bond donors (Lipinski definition) is 2. The standard InChI is InChI=1S/C12H16N2O/c1-13-8-12(15)14-11-6-5-9-3-2-4-10(9)7-11/h5-7,13H,2-4,8H2,1H3,(H,14,15). The molecule has 0 unspecified atom stereocenters. The summed E-state index contributed by atoms with van der Waals surface area (Å²) in [5.41, 5.74) is 3.73. The van der Waals surface area contributed by atoms with Gasteiger partial charge in [-0.2, -0.15) is 0 Å². The van der Waals surface area contributed by atoms with Crippen LogP contribution in [0.1, 0.15) is 17.5 Å². The van der Waals surface area contributed by atoms with Gasteiger partial charge in [-0.15, -0.1) is 0 Å². The molecule has 0 atom stereocenters. The lowest BCUT2D eigenvalue weighted by Gasteiger charge is -2.06. The van der Waals surface area contributed by atoms with Crippen LogP contribution in [0.4, 0.5) is 5.69 Å². The molecule has 0 fully saturated rings. The molecule has 0 bridgehead atoms. The number of likely N-dealkylation sites (N-methyl/N-ethyl adjacent to an activating group) is 1. The van der Waals surface area contributed by atoms with Crippen molar-refractivity contribution >= 4 is 11.6 Å². The van der Waals surface area contributed by atoms with E-state index in [4.69, 9.17) is 0 Å². The molecule has 2 rings (SSSR count). The van der Waals surface area contributed by atoms with E-state index in [1.165, 1.54) is 24.0 Å². The largest absolute Gasteiger partial charge is 0.325 e. The van der Waals surface area contributed by atoms with Crippen LogP contribution >= 0.6 is 0 Å². The van der Waals surface area contributed by atoms with Crippen molar-refractivity contribution < 1.29 is 4.79 Å². The van der Waals surface area contributed by atoms with Crippen molar-refractivity contribution in [2.24, 2.45) is 0 Å². The first-order valence-electron chi connectivity index (χ1n) is 5.36. The van der Waals surface area contributed by atoms with E-state index in [9.17, 15) is 4.79 Å². The fourth-order valence-corrected chi connectivity index (χ4v) is 2.02. The van der Waals surface area contributed by atoms with Gasteiger partial charge < -0.3 is 10.6 Å². The summed E-state index contributed by atoms with van der Waals surface area (Å²) in [6.45, 7) is 0.358. The molecule has 1 aromatic rings. The summed E-state index contributed by atoms with van der Waals surface area (Å²) in [5.74, 6) is 0.00967. The molecule has 3 heteroatoms. The molecule has 0 saturated carbocycles. The average molecular weight is 204 g/mol. The van der Waals surface area contributed by atoms with Crippen LogP contribution in [0.5, 0.6) is 0 Å². The number of benzene rings is 1. The molecule has 1 aromatic carbocycles. The van der Waals surface area contributed by atoms with E-state index in [1.54, 1.807) is 7.05 Å². The summed E-state index contributed by atoms with van der Waals surface area (Å²) in [6.07, 6.45) is 3.56. The normalized spacial score (nSPS) is 13.7. The molecular weight excluding hydrogens is 188 g/mol. The molecule has 0 aliphatic heterocycles. The summed E-state index contributed by atoms with van der Waals surface area (Å²) in [4.78, 5) is 11.3. The third-order valence-corrected chi connectivity index (χ3v) is 2.72. The van der Waals surface area contributed by atoms with Gasteiger partial charge in [0.2, 0.25) is 5.91 Å². The van der Waals surface area contributed by atoms with Gasteiger partial charge in [-0.05, 0) is 49.6 Å². The molecule has 1 amide bonds. The van der Waals surface area contributed by atoms with Gasteiger partial charge in [0.25, 0.3) is 0 Å². The minimum absolute atomic E-state index is 0.00967. The monoisotopic (exact) mass is 204 g/mol. The molecule has 0 aromatic heterocycles. The summed E-state index contributed by atoms with van der Waals surface area (Å²) in [6, 6.07) is 6.20. The van der Waals surface area contributed by atoms with Crippen LogP contribution in [-0.2, 0) is 17.6 Å². The van der Waals surface area contributed by atoms with Gasteiger partial charge in [-0.3, -0.25) is 4.79 Å². The first kappa shape index (κ1) is 10.2. The van der Waals surface area contributed by atoms with E-state index in [0.717, 1.165) is 12.1 Å². The third kappa shape index (κ3) is 2.36. The Kier molecular flexibility index (Phi) is 3.02. The molecule has 0 spiro atoms. The maximum atomic E-state index is 11.3. The smallest absolute Gasteiger partial charge is 0.238 e. The number of fused-ring (bicyclic) bond motifs is 1. The summed E-state index contributed by atoms with van der Waals surface area (Å²) in [5, 5.41) is 5.70. The Bertz CT molecular complexity index is 374. The van der Waals surface area contributed by atoms with Crippen molar-refractivity contribution in [3.63, 3.8) is 0 Å². The van der Waals surface area contributed by atoms with Crippen LogP contribution in [0, 0.1) is 0 Å². The van der Waals surface area contributed by atoms with Crippen LogP contribution in [0.15, 0.2) is 18.2 Å². The van der Waals surface area contributed by atoms with Crippen molar-refractivity contribution in [1.82, 2.24) is 5.32 Å². The van der Waals surface area contributed by atoms with Crippen LogP contribution in [-0.4, -0.2) is 19.5 Å². The summed E-state index contributed by atoms with van der Waals surface area (Å²) < 4.78 is 0. The zero-order valence-corrected chi connectivity index (χ0v) is 8.97.